The summed E-state index contributed by atoms with van der Waals surface area (Å²) in [6.45, 7) is 0.282. The molecule has 1 aliphatic carbocycles. The predicted molar refractivity (Wildman–Crippen MR) is 164 cm³/mol. The van der Waals surface area contributed by atoms with E-state index in [-0.39, 0.29) is 43.4 Å². The van der Waals surface area contributed by atoms with Crippen molar-refractivity contribution in [1.29, 1.82) is 0 Å². The maximum atomic E-state index is 14.6. The van der Waals surface area contributed by atoms with E-state index >= 15 is 0 Å². The molecule has 1 N–H and O–H groups in total. The van der Waals surface area contributed by atoms with Crippen LogP contribution in [-0.4, -0.2) is 56.8 Å². The normalized spacial score (nSPS) is 17.6. The van der Waals surface area contributed by atoms with Crippen molar-refractivity contribution in [1.82, 2.24) is 14.5 Å². The maximum Gasteiger partial charge on any atom is 0.266 e. The first-order chi connectivity index (χ1) is 20.0. The number of thiophene rings is 1. The number of nitrogens with one attached hydrogen (secondary N) is 1. The molecule has 42 heavy (non-hydrogen) atoms. The van der Waals surface area contributed by atoms with Crippen molar-refractivity contribution >= 4 is 49.0 Å². The Morgan fingerprint density at radius 1 is 0.976 bits per heavy atom. The first-order valence-corrected chi connectivity index (χ1v) is 16.3. The number of sulfonamides is 1. The van der Waals surface area contributed by atoms with E-state index in [4.69, 9.17) is 11.6 Å². The first kappa shape index (κ1) is 30.6. The molecule has 222 valence electrons. The zero-order chi connectivity index (χ0) is 30.2. The van der Waals surface area contributed by atoms with E-state index in [2.05, 4.69) is 5.32 Å². The summed E-state index contributed by atoms with van der Waals surface area (Å²) in [5.74, 6) is -1.63. The molecule has 1 heterocycles. The fraction of sp³-hybridized carbons (Fsp3) is 0.323. The first-order valence-electron chi connectivity index (χ1n) is 13.7. The maximum absolute atomic E-state index is 14.6. The molecule has 11 heteroatoms. The Labute approximate surface area is 254 Å². The summed E-state index contributed by atoms with van der Waals surface area (Å²) in [5, 5.41) is 3.19. The average molecular weight is 632 g/mol. The molecule has 0 spiro atoms. The minimum atomic E-state index is -3.55. The number of rotatable bonds is 8. The van der Waals surface area contributed by atoms with Crippen molar-refractivity contribution < 1.29 is 22.0 Å². The van der Waals surface area contributed by atoms with Crippen molar-refractivity contribution in [2.75, 3.05) is 21.1 Å². The standard InChI is InChI=1S/C31H32ClF2N3O3S2/c1-35-22-9-11-23(12-10-22)37(31(38)30-28(32)27-25(33)15-16-26(34)29(27)41-30)18-19-5-4-6-21(17-19)20-7-13-24(14-8-20)42(39,40)36(2)3/h4-8,13-17,22-23,35H,9-12,18H2,1-3H3. The third-order valence-electron chi connectivity index (χ3n) is 7.93. The van der Waals surface area contributed by atoms with Gasteiger partial charge in [0.05, 0.1) is 20.0 Å². The van der Waals surface area contributed by atoms with Crippen molar-refractivity contribution in [3.63, 3.8) is 0 Å². The monoisotopic (exact) mass is 631 g/mol. The molecule has 1 saturated carbocycles. The van der Waals surface area contributed by atoms with Crippen LogP contribution in [0.1, 0.15) is 40.9 Å². The van der Waals surface area contributed by atoms with Crippen LogP contribution in [0.2, 0.25) is 5.02 Å². The van der Waals surface area contributed by atoms with Gasteiger partial charge in [-0.15, -0.1) is 11.3 Å². The van der Waals surface area contributed by atoms with Crippen LogP contribution in [0.4, 0.5) is 8.78 Å². The van der Waals surface area contributed by atoms with Gasteiger partial charge in [0.15, 0.2) is 0 Å². The van der Waals surface area contributed by atoms with Crippen molar-refractivity contribution in [3.05, 3.63) is 87.8 Å². The number of carbonyl (C=O) groups is 1. The summed E-state index contributed by atoms with van der Waals surface area (Å²) in [5.41, 5.74) is 2.58. The molecule has 1 fully saturated rings. The van der Waals surface area contributed by atoms with Gasteiger partial charge in [-0.25, -0.2) is 21.5 Å². The lowest BCUT2D eigenvalue weighted by Gasteiger charge is -2.37. The van der Waals surface area contributed by atoms with Gasteiger partial charge in [-0.05, 0) is 79.8 Å². The van der Waals surface area contributed by atoms with Gasteiger partial charge in [-0.3, -0.25) is 4.79 Å². The Balaban J connectivity index is 1.48. The molecule has 1 aliphatic rings. The predicted octanol–water partition coefficient (Wildman–Crippen LogP) is 6.92. The van der Waals surface area contributed by atoms with E-state index in [1.54, 1.807) is 29.2 Å². The molecule has 1 aromatic heterocycles. The van der Waals surface area contributed by atoms with Crippen LogP contribution >= 0.6 is 22.9 Å². The Morgan fingerprint density at radius 3 is 2.26 bits per heavy atom. The molecule has 0 atom stereocenters. The van der Waals surface area contributed by atoms with Crippen LogP contribution in [0.15, 0.2) is 65.6 Å². The zero-order valence-corrected chi connectivity index (χ0v) is 25.9. The van der Waals surface area contributed by atoms with Crippen LogP contribution < -0.4 is 5.32 Å². The zero-order valence-electron chi connectivity index (χ0n) is 23.5. The molecular weight excluding hydrogens is 600 g/mol. The van der Waals surface area contributed by atoms with Crippen molar-refractivity contribution in [2.45, 2.75) is 49.2 Å². The molecule has 5 rings (SSSR count). The van der Waals surface area contributed by atoms with E-state index in [9.17, 15) is 22.0 Å². The number of carbonyl (C=O) groups excluding carboxylic acids is 1. The van der Waals surface area contributed by atoms with Crippen LogP contribution in [0.25, 0.3) is 21.2 Å². The second kappa shape index (κ2) is 12.4. The van der Waals surface area contributed by atoms with Crippen molar-refractivity contribution in [3.8, 4) is 11.1 Å². The number of hydrogen-bond donors (Lipinski definition) is 1. The number of fused-ring (bicyclic) bond motifs is 1. The fourth-order valence-electron chi connectivity index (χ4n) is 5.48. The minimum Gasteiger partial charge on any atom is -0.331 e. The lowest BCUT2D eigenvalue weighted by Crippen LogP contribution is -2.44. The lowest BCUT2D eigenvalue weighted by atomic mass is 9.89. The highest BCUT2D eigenvalue weighted by molar-refractivity contribution is 7.89. The second-order valence-electron chi connectivity index (χ2n) is 10.7. The Hall–Kier alpha value is -2.89. The second-order valence-corrected chi connectivity index (χ2v) is 14.3. The number of benzene rings is 3. The largest absolute Gasteiger partial charge is 0.331 e. The van der Waals surface area contributed by atoms with E-state index in [1.165, 1.54) is 18.4 Å². The molecule has 3 aromatic carbocycles. The highest BCUT2D eigenvalue weighted by atomic mass is 35.5. The van der Waals surface area contributed by atoms with Crippen LogP contribution in [0, 0.1) is 11.6 Å². The third-order valence-corrected chi connectivity index (χ3v) is 11.4. The van der Waals surface area contributed by atoms with E-state index in [0.717, 1.165) is 65.8 Å². The van der Waals surface area contributed by atoms with E-state index < -0.39 is 21.7 Å². The van der Waals surface area contributed by atoms with E-state index in [0.29, 0.717) is 6.04 Å². The average Bonchev–Trinajstić information content (AvgIpc) is 3.36. The molecule has 6 nitrogen and oxygen atoms in total. The highest BCUT2D eigenvalue weighted by Gasteiger charge is 2.32. The van der Waals surface area contributed by atoms with Gasteiger partial charge in [0.1, 0.15) is 16.5 Å². The van der Waals surface area contributed by atoms with Gasteiger partial charge in [0, 0.05) is 32.7 Å². The summed E-state index contributed by atoms with van der Waals surface area (Å²) >= 11 is 7.41. The van der Waals surface area contributed by atoms with Crippen LogP contribution in [-0.2, 0) is 16.6 Å². The summed E-state index contributed by atoms with van der Waals surface area (Å²) in [6.07, 6.45) is 3.36. The van der Waals surface area contributed by atoms with Gasteiger partial charge in [-0.1, -0.05) is 41.9 Å². The SMILES string of the molecule is CNC1CCC(N(Cc2cccc(-c3ccc(S(=O)(=O)N(C)C)cc3)c2)C(=O)c2sc3c(F)ccc(F)c3c2Cl)CC1. The fourth-order valence-corrected chi connectivity index (χ4v) is 7.89. The molecule has 0 bridgehead atoms. The van der Waals surface area contributed by atoms with Gasteiger partial charge in [0.25, 0.3) is 5.91 Å². The number of hydrogen-bond acceptors (Lipinski definition) is 5. The Morgan fingerprint density at radius 2 is 1.64 bits per heavy atom. The quantitative estimate of drug-likeness (QED) is 0.229. The van der Waals surface area contributed by atoms with E-state index in [1.807, 2.05) is 31.3 Å². The summed E-state index contributed by atoms with van der Waals surface area (Å²) in [4.78, 5) is 16.2. The smallest absolute Gasteiger partial charge is 0.266 e. The molecular formula is C31H32ClF2N3O3S2. The van der Waals surface area contributed by atoms with Crippen molar-refractivity contribution in [2.24, 2.45) is 0 Å². The van der Waals surface area contributed by atoms with Crippen LogP contribution in [0.5, 0.6) is 0 Å². The molecule has 0 unspecified atom stereocenters. The third kappa shape index (κ3) is 5.96. The Kier molecular flexibility index (Phi) is 9.01. The van der Waals surface area contributed by atoms with Gasteiger partial charge in [0.2, 0.25) is 10.0 Å². The Bertz CT molecular complexity index is 1720. The number of nitrogens with zero attached hydrogens (tertiary/aromatic N) is 2. The number of amides is 1. The molecule has 0 aliphatic heterocycles. The highest BCUT2D eigenvalue weighted by Crippen LogP contribution is 2.40. The molecule has 1 amide bonds. The lowest BCUT2D eigenvalue weighted by molar-refractivity contribution is 0.0606. The topological polar surface area (TPSA) is 69.7 Å². The summed E-state index contributed by atoms with van der Waals surface area (Å²) in [7, 11) is 1.37. The van der Waals surface area contributed by atoms with Gasteiger partial charge in [-0.2, -0.15) is 0 Å². The summed E-state index contributed by atoms with van der Waals surface area (Å²) < 4.78 is 55.3. The molecule has 0 radical (unpaired) electrons. The minimum absolute atomic E-state index is 0.0314. The number of halogens is 3. The summed E-state index contributed by atoms with van der Waals surface area (Å²) in [6, 6.07) is 16.8. The van der Waals surface area contributed by atoms with Crippen LogP contribution in [0.3, 0.4) is 0 Å². The molecule has 0 saturated heterocycles. The van der Waals surface area contributed by atoms with Gasteiger partial charge >= 0.3 is 0 Å². The van der Waals surface area contributed by atoms with Gasteiger partial charge < -0.3 is 10.2 Å². The molecule has 4 aromatic rings.